The summed E-state index contributed by atoms with van der Waals surface area (Å²) in [4.78, 5) is 24.7. The first-order valence-corrected chi connectivity index (χ1v) is 10.5. The predicted molar refractivity (Wildman–Crippen MR) is 127 cm³/mol. The van der Waals surface area contributed by atoms with Gasteiger partial charge in [-0.2, -0.15) is 5.10 Å². The smallest absolute Gasteiger partial charge is 0.337 e. The van der Waals surface area contributed by atoms with Crippen LogP contribution in [0.1, 0.15) is 34.5 Å². The van der Waals surface area contributed by atoms with Crippen LogP contribution in [0.25, 0.3) is 27.8 Å². The number of carboxylic acid groups (broad SMARTS) is 1. The number of rotatable bonds is 5. The van der Waals surface area contributed by atoms with E-state index in [1.807, 2.05) is 50.4 Å². The zero-order chi connectivity index (χ0) is 23.1. The lowest BCUT2D eigenvalue weighted by Gasteiger charge is -2.19. The van der Waals surface area contributed by atoms with Gasteiger partial charge in [-0.1, -0.05) is 18.2 Å². The number of para-hydroxylation sites is 1. The number of benzene rings is 2. The van der Waals surface area contributed by atoms with Crippen molar-refractivity contribution in [1.82, 2.24) is 9.61 Å². The Labute approximate surface area is 188 Å². The van der Waals surface area contributed by atoms with E-state index in [1.54, 1.807) is 35.0 Å². The van der Waals surface area contributed by atoms with Crippen molar-refractivity contribution in [2.45, 2.75) is 19.9 Å². The number of anilines is 1. The molecule has 0 bridgehead atoms. The molecule has 3 aromatic heterocycles. The molecule has 7 nitrogen and oxygen atoms in total. The number of aryl methyl sites for hydroxylation is 1. The normalized spacial score (nSPS) is 12.2. The number of carbonyl (C=O) groups is 1. The van der Waals surface area contributed by atoms with Gasteiger partial charge in [-0.05, 0) is 55.8 Å². The van der Waals surface area contributed by atoms with E-state index in [-0.39, 0.29) is 17.0 Å². The Bertz CT molecular complexity index is 1580. The number of hydrogen-bond acceptors (Lipinski definition) is 5. The molecule has 5 rings (SSSR count). The molecule has 7 heteroatoms. The molecule has 5 aromatic rings. The number of fused-ring (bicyclic) bond motifs is 2. The van der Waals surface area contributed by atoms with E-state index in [9.17, 15) is 14.7 Å². The average molecular weight is 439 g/mol. The highest BCUT2D eigenvalue weighted by Crippen LogP contribution is 2.31. The Morgan fingerprint density at radius 3 is 2.76 bits per heavy atom. The van der Waals surface area contributed by atoms with Crippen molar-refractivity contribution in [2.24, 2.45) is 0 Å². The fraction of sp³-hybridized carbons (Fsp3) is 0.115. The summed E-state index contributed by atoms with van der Waals surface area (Å²) in [5.74, 6) is -0.574. The van der Waals surface area contributed by atoms with Crippen molar-refractivity contribution in [2.75, 3.05) is 5.32 Å². The zero-order valence-electron chi connectivity index (χ0n) is 18.1. The first kappa shape index (κ1) is 20.5. The van der Waals surface area contributed by atoms with Gasteiger partial charge in [-0.15, -0.1) is 0 Å². The largest absolute Gasteiger partial charge is 0.478 e. The first-order valence-electron chi connectivity index (χ1n) is 10.5. The minimum absolute atomic E-state index is 0.144. The van der Waals surface area contributed by atoms with Crippen LogP contribution in [0.4, 0.5) is 5.69 Å². The summed E-state index contributed by atoms with van der Waals surface area (Å²) < 4.78 is 8.00. The third kappa shape index (κ3) is 3.74. The maximum Gasteiger partial charge on any atom is 0.337 e. The van der Waals surface area contributed by atoms with Gasteiger partial charge in [0.15, 0.2) is 5.43 Å². The number of hydrogen-bond donors (Lipinski definition) is 2. The predicted octanol–water partition coefficient (Wildman–Crippen LogP) is 5.29. The second-order valence-electron chi connectivity index (χ2n) is 8.04. The fourth-order valence-electron chi connectivity index (χ4n) is 4.06. The van der Waals surface area contributed by atoms with Crippen LogP contribution in [-0.2, 0) is 0 Å². The van der Waals surface area contributed by atoms with E-state index in [4.69, 9.17) is 4.42 Å². The first-order chi connectivity index (χ1) is 15.9. The molecule has 1 atom stereocenters. The van der Waals surface area contributed by atoms with E-state index >= 15 is 0 Å². The molecule has 0 aliphatic carbocycles. The van der Waals surface area contributed by atoms with E-state index in [0.717, 1.165) is 22.2 Å². The lowest BCUT2D eigenvalue weighted by Crippen LogP contribution is -2.12. The summed E-state index contributed by atoms with van der Waals surface area (Å²) in [6.45, 7) is 3.83. The zero-order valence-corrected chi connectivity index (χ0v) is 18.1. The molecule has 0 amide bonds. The molecule has 33 heavy (non-hydrogen) atoms. The number of nitrogens with one attached hydrogen (secondary N) is 1. The number of aromatic carboxylic acids is 1. The minimum Gasteiger partial charge on any atom is -0.478 e. The van der Waals surface area contributed by atoms with Crippen LogP contribution >= 0.6 is 0 Å². The maximum atomic E-state index is 13.0. The molecule has 0 saturated carbocycles. The van der Waals surface area contributed by atoms with Gasteiger partial charge in [0.1, 0.15) is 11.3 Å². The molecule has 0 radical (unpaired) electrons. The van der Waals surface area contributed by atoms with Crippen LogP contribution in [0.15, 0.2) is 82.3 Å². The Morgan fingerprint density at radius 2 is 1.94 bits per heavy atom. The monoisotopic (exact) mass is 439 g/mol. The summed E-state index contributed by atoms with van der Waals surface area (Å²) in [5.41, 5.74) is 4.35. The molecule has 0 aliphatic rings. The van der Waals surface area contributed by atoms with Crippen molar-refractivity contribution in [3.8, 4) is 11.3 Å². The molecule has 0 spiro atoms. The van der Waals surface area contributed by atoms with E-state index in [2.05, 4.69) is 10.4 Å². The van der Waals surface area contributed by atoms with Gasteiger partial charge < -0.3 is 14.8 Å². The lowest BCUT2D eigenvalue weighted by atomic mass is 10.00. The third-order valence-corrected chi connectivity index (χ3v) is 5.68. The Kier molecular flexibility index (Phi) is 4.94. The SMILES string of the molecule is Cc1cc(C(C)Nc2ccccc2C(=O)O)c2oc(-c3ccc4ccnn4c3)cc(=O)c2c1. The van der Waals surface area contributed by atoms with Crippen molar-refractivity contribution >= 4 is 28.1 Å². The second-order valence-corrected chi connectivity index (χ2v) is 8.04. The summed E-state index contributed by atoms with van der Waals surface area (Å²) >= 11 is 0. The molecule has 3 heterocycles. The van der Waals surface area contributed by atoms with E-state index in [0.29, 0.717) is 22.4 Å². The van der Waals surface area contributed by atoms with Crippen molar-refractivity contribution in [3.63, 3.8) is 0 Å². The molecule has 0 saturated heterocycles. The van der Waals surface area contributed by atoms with Crippen LogP contribution < -0.4 is 10.7 Å². The maximum absolute atomic E-state index is 13.0. The van der Waals surface area contributed by atoms with Crippen molar-refractivity contribution < 1.29 is 14.3 Å². The summed E-state index contributed by atoms with van der Waals surface area (Å²) in [5, 5.41) is 17.5. The van der Waals surface area contributed by atoms with Gasteiger partial charge in [-0.25, -0.2) is 9.31 Å². The van der Waals surface area contributed by atoms with Crippen molar-refractivity contribution in [1.29, 1.82) is 0 Å². The fourth-order valence-corrected chi connectivity index (χ4v) is 4.06. The Balaban J connectivity index is 1.64. The molecule has 0 aliphatic heterocycles. The van der Waals surface area contributed by atoms with Gasteiger partial charge in [0, 0.05) is 35.3 Å². The standard InChI is InChI=1S/C26H21N3O4/c1-15-11-20(16(2)28-22-6-4-3-5-19(22)26(31)32)25-21(12-15)23(30)13-24(33-25)17-7-8-18-9-10-27-29(18)14-17/h3-14,16,28H,1-2H3,(H,31,32). The number of aromatic nitrogens is 2. The Morgan fingerprint density at radius 1 is 1.12 bits per heavy atom. The van der Waals surface area contributed by atoms with Crippen LogP contribution in [0.2, 0.25) is 0 Å². The highest BCUT2D eigenvalue weighted by molar-refractivity contribution is 5.94. The molecule has 0 fully saturated rings. The number of nitrogens with zero attached hydrogens (tertiary/aromatic N) is 2. The van der Waals surface area contributed by atoms with Gasteiger partial charge >= 0.3 is 5.97 Å². The van der Waals surface area contributed by atoms with E-state index < -0.39 is 5.97 Å². The molecule has 2 aromatic carbocycles. The second kappa shape index (κ2) is 7.94. The highest BCUT2D eigenvalue weighted by Gasteiger charge is 2.18. The van der Waals surface area contributed by atoms with Crippen molar-refractivity contribution in [3.05, 3.63) is 100.0 Å². The molecular formula is C26H21N3O4. The third-order valence-electron chi connectivity index (χ3n) is 5.68. The molecular weight excluding hydrogens is 418 g/mol. The molecule has 2 N–H and O–H groups in total. The van der Waals surface area contributed by atoms with Crippen LogP contribution in [-0.4, -0.2) is 20.7 Å². The lowest BCUT2D eigenvalue weighted by molar-refractivity contribution is 0.0698. The van der Waals surface area contributed by atoms with Crippen LogP contribution in [0.5, 0.6) is 0 Å². The van der Waals surface area contributed by atoms with Gasteiger partial charge in [0.25, 0.3) is 0 Å². The molecule has 164 valence electrons. The Hall–Kier alpha value is -4.39. The number of carboxylic acids is 1. The highest BCUT2D eigenvalue weighted by atomic mass is 16.4. The van der Waals surface area contributed by atoms with Crippen LogP contribution in [0, 0.1) is 6.92 Å². The van der Waals surface area contributed by atoms with Gasteiger partial charge in [-0.3, -0.25) is 4.79 Å². The topological polar surface area (TPSA) is 96.8 Å². The molecule has 1 unspecified atom stereocenters. The van der Waals surface area contributed by atoms with Crippen LogP contribution in [0.3, 0.4) is 0 Å². The summed E-state index contributed by atoms with van der Waals surface area (Å²) in [6, 6.07) is 17.4. The van der Waals surface area contributed by atoms with E-state index in [1.165, 1.54) is 6.07 Å². The van der Waals surface area contributed by atoms with Gasteiger partial charge in [0.2, 0.25) is 0 Å². The average Bonchev–Trinajstić information content (AvgIpc) is 3.27. The number of pyridine rings is 1. The minimum atomic E-state index is -1.01. The summed E-state index contributed by atoms with van der Waals surface area (Å²) in [6.07, 6.45) is 3.52. The van der Waals surface area contributed by atoms with Gasteiger partial charge in [0.05, 0.1) is 22.5 Å². The summed E-state index contributed by atoms with van der Waals surface area (Å²) in [7, 11) is 0. The quantitative estimate of drug-likeness (QED) is 0.386.